The van der Waals surface area contributed by atoms with Crippen molar-refractivity contribution in [2.45, 2.75) is 89.6 Å². The van der Waals surface area contributed by atoms with Gasteiger partial charge in [-0.2, -0.15) is 5.26 Å². The third-order valence-electron chi connectivity index (χ3n) is 7.57. The number of nitrogens with zero attached hydrogens (tertiary/aromatic N) is 2. The van der Waals surface area contributed by atoms with Crippen LogP contribution in [0.4, 0.5) is 0 Å². The molecule has 4 rings (SSSR count). The Hall–Kier alpha value is -3.27. The number of aromatic nitrogens is 1. The van der Waals surface area contributed by atoms with E-state index in [-0.39, 0.29) is 29.0 Å². The second-order valence-corrected chi connectivity index (χ2v) is 10.2. The average Bonchev–Trinajstić information content (AvgIpc) is 3.03. The Kier molecular flexibility index (Phi) is 8.35. The van der Waals surface area contributed by atoms with Crippen molar-refractivity contribution < 1.29 is 9.53 Å². The van der Waals surface area contributed by atoms with Crippen molar-refractivity contribution in [2.24, 2.45) is 0 Å². The first kappa shape index (κ1) is 25.8. The average molecular weight is 491 g/mol. The zero-order chi connectivity index (χ0) is 25.5. The number of pyridine rings is 1. The van der Waals surface area contributed by atoms with E-state index < -0.39 is 0 Å². The smallest absolute Gasteiger partial charge is 0.264 e. The lowest BCUT2D eigenvalue weighted by Gasteiger charge is -2.35. The minimum atomic E-state index is -0.358. The van der Waals surface area contributed by atoms with Gasteiger partial charge in [0.1, 0.15) is 11.3 Å². The molecular formula is C29H38N4O3. The predicted octanol–water partition coefficient (Wildman–Crippen LogP) is 4.97. The third-order valence-corrected chi connectivity index (χ3v) is 7.57. The second kappa shape index (κ2) is 11.6. The topological polar surface area (TPSA) is 96.1 Å². The Bertz CT molecular complexity index is 1220. The van der Waals surface area contributed by atoms with Crippen LogP contribution >= 0.6 is 0 Å². The van der Waals surface area contributed by atoms with E-state index in [0.29, 0.717) is 25.4 Å². The highest BCUT2D eigenvalue weighted by molar-refractivity contribution is 5.98. The molecule has 0 bridgehead atoms. The van der Waals surface area contributed by atoms with E-state index in [0.717, 1.165) is 86.4 Å². The lowest BCUT2D eigenvalue weighted by molar-refractivity contribution is 0.0934. The minimum Gasteiger partial charge on any atom is -0.491 e. The van der Waals surface area contributed by atoms with Gasteiger partial charge in [-0.3, -0.25) is 9.59 Å². The maximum absolute atomic E-state index is 13.6. The largest absolute Gasteiger partial charge is 0.491 e. The highest BCUT2D eigenvalue weighted by atomic mass is 16.5. The van der Waals surface area contributed by atoms with Gasteiger partial charge in [0.05, 0.1) is 30.2 Å². The van der Waals surface area contributed by atoms with Crippen LogP contribution in [0.3, 0.4) is 0 Å². The molecule has 0 radical (unpaired) electrons. The quantitative estimate of drug-likeness (QED) is 0.535. The van der Waals surface area contributed by atoms with E-state index in [9.17, 15) is 9.59 Å². The van der Waals surface area contributed by atoms with Crippen LogP contribution in [-0.4, -0.2) is 29.2 Å². The number of allylic oxidation sites excluding steroid dienone is 1. The van der Waals surface area contributed by atoms with Gasteiger partial charge in [-0.25, -0.2) is 0 Å². The van der Waals surface area contributed by atoms with Gasteiger partial charge < -0.3 is 19.9 Å². The highest BCUT2D eigenvalue weighted by Crippen LogP contribution is 2.32. The summed E-state index contributed by atoms with van der Waals surface area (Å²) in [5.41, 5.74) is 2.09. The molecule has 1 fully saturated rings. The van der Waals surface area contributed by atoms with E-state index in [1.165, 1.54) is 0 Å². The molecule has 1 aromatic heterocycles. The fourth-order valence-corrected chi connectivity index (χ4v) is 5.64. The standard InChI is InChI=1S/C29H38N4O3/c1-3-22-11-12-23-19-24(28(35)33-17-9-6-10-18-36-26(22)25(23)33)27(34)31-20-29(32-21(2)13-16-30)14-7-4-5-8-15-29/h11-12,19,32H,2-10,13-15,17-18,20H2,1H3,(H,31,34). The maximum atomic E-state index is 13.6. The highest BCUT2D eigenvalue weighted by Gasteiger charge is 2.32. The number of hydrogen-bond donors (Lipinski definition) is 2. The van der Waals surface area contributed by atoms with Gasteiger partial charge in [0.2, 0.25) is 0 Å². The van der Waals surface area contributed by atoms with Gasteiger partial charge in [0.25, 0.3) is 11.5 Å². The molecule has 0 spiro atoms. The molecule has 2 N–H and O–H groups in total. The summed E-state index contributed by atoms with van der Waals surface area (Å²) >= 11 is 0. The van der Waals surface area contributed by atoms with Gasteiger partial charge in [-0.1, -0.05) is 51.3 Å². The summed E-state index contributed by atoms with van der Waals surface area (Å²) in [4.78, 5) is 27.1. The summed E-state index contributed by atoms with van der Waals surface area (Å²) in [5.74, 6) is 0.419. The zero-order valence-corrected chi connectivity index (χ0v) is 21.5. The van der Waals surface area contributed by atoms with Crippen molar-refractivity contribution >= 4 is 16.8 Å². The molecule has 1 saturated carbocycles. The number of nitrogens with one attached hydrogen (secondary N) is 2. The number of ether oxygens (including phenoxy) is 1. The number of benzene rings is 1. The first-order valence-electron chi connectivity index (χ1n) is 13.4. The molecule has 0 saturated heterocycles. The summed E-state index contributed by atoms with van der Waals surface area (Å²) < 4.78 is 7.92. The molecule has 1 amide bonds. The van der Waals surface area contributed by atoms with Gasteiger partial charge in [-0.15, -0.1) is 0 Å². The van der Waals surface area contributed by atoms with Crippen molar-refractivity contribution in [2.75, 3.05) is 13.2 Å². The Labute approximate surface area is 213 Å². The van der Waals surface area contributed by atoms with Crippen LogP contribution in [0.15, 0.2) is 35.3 Å². The number of carbonyl (C=O) groups is 1. The molecule has 192 valence electrons. The molecule has 2 aliphatic rings. The van der Waals surface area contributed by atoms with Crippen molar-refractivity contribution in [1.29, 1.82) is 5.26 Å². The molecule has 0 atom stereocenters. The monoisotopic (exact) mass is 490 g/mol. The first-order valence-corrected chi connectivity index (χ1v) is 13.4. The summed E-state index contributed by atoms with van der Waals surface area (Å²) in [6.07, 6.45) is 10.0. The molecule has 0 unspecified atom stereocenters. The molecule has 36 heavy (non-hydrogen) atoms. The van der Waals surface area contributed by atoms with Crippen LogP contribution in [0.2, 0.25) is 0 Å². The molecule has 7 heteroatoms. The van der Waals surface area contributed by atoms with Crippen LogP contribution in [-0.2, 0) is 13.0 Å². The van der Waals surface area contributed by atoms with Crippen molar-refractivity contribution in [3.05, 3.63) is 52.0 Å². The van der Waals surface area contributed by atoms with Crippen LogP contribution in [0.1, 0.15) is 87.1 Å². The molecule has 1 aromatic carbocycles. The normalized spacial score (nSPS) is 17.4. The van der Waals surface area contributed by atoms with Crippen molar-refractivity contribution in [1.82, 2.24) is 15.2 Å². The van der Waals surface area contributed by atoms with Crippen LogP contribution < -0.4 is 20.9 Å². The number of amides is 1. The summed E-state index contributed by atoms with van der Waals surface area (Å²) in [7, 11) is 0. The molecule has 2 aromatic rings. The lowest BCUT2D eigenvalue weighted by atomic mass is 9.89. The zero-order valence-electron chi connectivity index (χ0n) is 21.5. The summed E-state index contributed by atoms with van der Waals surface area (Å²) in [6, 6.07) is 7.89. The van der Waals surface area contributed by atoms with Crippen molar-refractivity contribution in [3.8, 4) is 11.8 Å². The molecule has 1 aliphatic heterocycles. The van der Waals surface area contributed by atoms with Gasteiger partial charge in [-0.05, 0) is 50.2 Å². The van der Waals surface area contributed by atoms with E-state index >= 15 is 0 Å². The molecule has 7 nitrogen and oxygen atoms in total. The number of aryl methyl sites for hydroxylation is 2. The molecule has 2 heterocycles. The van der Waals surface area contributed by atoms with E-state index in [4.69, 9.17) is 10.00 Å². The van der Waals surface area contributed by atoms with E-state index in [1.54, 1.807) is 10.6 Å². The first-order chi connectivity index (χ1) is 17.5. The van der Waals surface area contributed by atoms with E-state index in [1.807, 2.05) is 12.1 Å². The van der Waals surface area contributed by atoms with Crippen LogP contribution in [0.5, 0.6) is 5.75 Å². The number of carbonyl (C=O) groups excluding carboxylic acids is 1. The van der Waals surface area contributed by atoms with E-state index in [2.05, 4.69) is 30.2 Å². The predicted molar refractivity (Wildman–Crippen MR) is 142 cm³/mol. The Balaban J connectivity index is 1.66. The van der Waals surface area contributed by atoms with Crippen LogP contribution in [0, 0.1) is 11.3 Å². The minimum absolute atomic E-state index is 0.163. The summed E-state index contributed by atoms with van der Waals surface area (Å²) in [5, 5.41) is 16.5. The van der Waals surface area contributed by atoms with Gasteiger partial charge in [0, 0.05) is 24.2 Å². The van der Waals surface area contributed by atoms with Gasteiger partial charge >= 0.3 is 0 Å². The van der Waals surface area contributed by atoms with Crippen LogP contribution in [0.25, 0.3) is 10.9 Å². The second-order valence-electron chi connectivity index (χ2n) is 10.2. The maximum Gasteiger partial charge on any atom is 0.264 e. The Morgan fingerprint density at radius 2 is 1.92 bits per heavy atom. The Morgan fingerprint density at radius 3 is 2.64 bits per heavy atom. The Morgan fingerprint density at radius 1 is 1.17 bits per heavy atom. The lowest BCUT2D eigenvalue weighted by Crippen LogP contribution is -2.53. The summed E-state index contributed by atoms with van der Waals surface area (Å²) in [6.45, 7) is 7.68. The third kappa shape index (κ3) is 5.59. The number of rotatable bonds is 7. The van der Waals surface area contributed by atoms with Crippen molar-refractivity contribution in [3.63, 3.8) is 0 Å². The number of hydrogen-bond acceptors (Lipinski definition) is 5. The SMILES string of the molecule is C=C(CC#N)NC1(CNC(=O)c2cc3ccc(CC)c4c3n(c2=O)CCCCCO4)CCCCCC1. The fraction of sp³-hybridized carbons (Fsp3) is 0.552. The fourth-order valence-electron chi connectivity index (χ4n) is 5.64. The molecular weight excluding hydrogens is 452 g/mol. The molecule has 1 aliphatic carbocycles. The van der Waals surface area contributed by atoms with Gasteiger partial charge in [0.15, 0.2) is 0 Å². The number of nitriles is 1.